The van der Waals surface area contributed by atoms with E-state index in [1.54, 1.807) is 21.3 Å². The molecule has 0 amide bonds. The third kappa shape index (κ3) is 3.14. The van der Waals surface area contributed by atoms with Crippen molar-refractivity contribution in [2.45, 2.75) is 40.0 Å². The molecule has 0 saturated carbocycles. The third-order valence-electron chi connectivity index (χ3n) is 4.27. The molecule has 0 aliphatic heterocycles. The summed E-state index contributed by atoms with van der Waals surface area (Å²) in [6.45, 7) is 9.01. The molecule has 0 radical (unpaired) electrons. The molecule has 3 heteroatoms. The molecule has 19 heavy (non-hydrogen) atoms. The van der Waals surface area contributed by atoms with Gasteiger partial charge in [0.15, 0.2) is 11.5 Å². The number of ether oxygens (including phenoxy) is 3. The van der Waals surface area contributed by atoms with E-state index >= 15 is 0 Å². The Bertz CT molecular complexity index is 399. The van der Waals surface area contributed by atoms with Crippen molar-refractivity contribution in [2.24, 2.45) is 5.41 Å². The Balaban J connectivity index is 3.30. The smallest absolute Gasteiger partial charge is 0.203 e. The van der Waals surface area contributed by atoms with Gasteiger partial charge in [-0.3, -0.25) is 0 Å². The van der Waals surface area contributed by atoms with Crippen LogP contribution in [0.4, 0.5) is 0 Å². The summed E-state index contributed by atoms with van der Waals surface area (Å²) >= 11 is 0. The monoisotopic (exact) mass is 266 g/mol. The average molecular weight is 266 g/mol. The largest absolute Gasteiger partial charge is 0.493 e. The van der Waals surface area contributed by atoms with E-state index in [2.05, 4.69) is 27.7 Å². The molecule has 0 spiro atoms. The van der Waals surface area contributed by atoms with E-state index in [1.165, 1.54) is 5.56 Å². The molecule has 0 bridgehead atoms. The molecular formula is C16H26O3. The topological polar surface area (TPSA) is 27.7 Å². The van der Waals surface area contributed by atoms with Crippen molar-refractivity contribution >= 4 is 0 Å². The van der Waals surface area contributed by atoms with E-state index in [4.69, 9.17) is 14.2 Å². The maximum absolute atomic E-state index is 5.41. The van der Waals surface area contributed by atoms with Crippen molar-refractivity contribution in [3.8, 4) is 17.2 Å². The molecule has 1 atom stereocenters. The van der Waals surface area contributed by atoms with Crippen LogP contribution >= 0.6 is 0 Å². The van der Waals surface area contributed by atoms with E-state index in [0.29, 0.717) is 11.7 Å². The summed E-state index contributed by atoms with van der Waals surface area (Å²) in [5.74, 6) is 2.49. The van der Waals surface area contributed by atoms with Crippen LogP contribution in [0.5, 0.6) is 17.2 Å². The van der Waals surface area contributed by atoms with Crippen molar-refractivity contribution < 1.29 is 14.2 Å². The van der Waals surface area contributed by atoms with Crippen molar-refractivity contribution in [2.75, 3.05) is 21.3 Å². The number of hydrogen-bond donors (Lipinski definition) is 0. The number of rotatable bonds is 6. The molecule has 1 unspecified atom stereocenters. The second-order valence-corrected chi connectivity index (χ2v) is 5.52. The minimum absolute atomic E-state index is 0.227. The summed E-state index contributed by atoms with van der Waals surface area (Å²) in [7, 11) is 4.92. The van der Waals surface area contributed by atoms with Crippen molar-refractivity contribution in [3.05, 3.63) is 17.7 Å². The summed E-state index contributed by atoms with van der Waals surface area (Å²) in [6, 6.07) is 4.09. The van der Waals surface area contributed by atoms with Crippen LogP contribution in [0.3, 0.4) is 0 Å². The van der Waals surface area contributed by atoms with Crippen molar-refractivity contribution in [1.82, 2.24) is 0 Å². The number of methoxy groups -OCH3 is 3. The Hall–Kier alpha value is -1.38. The Kier molecular flexibility index (Phi) is 5.10. The van der Waals surface area contributed by atoms with E-state index in [1.807, 2.05) is 12.1 Å². The molecule has 0 heterocycles. The predicted octanol–water partition coefficient (Wildman–Crippen LogP) is 4.25. The molecule has 0 saturated heterocycles. The molecule has 0 aliphatic rings. The number of benzene rings is 1. The molecule has 0 fully saturated rings. The van der Waals surface area contributed by atoms with Crippen LogP contribution in [-0.2, 0) is 0 Å². The Morgan fingerprint density at radius 1 is 1.00 bits per heavy atom. The predicted molar refractivity (Wildman–Crippen MR) is 78.6 cm³/mol. The minimum Gasteiger partial charge on any atom is -0.493 e. The SMILES string of the molecule is CCC(C)(C)C(C)c1cc(OC)c(OC)c(OC)c1. The van der Waals surface area contributed by atoms with Gasteiger partial charge in [0.25, 0.3) is 0 Å². The Morgan fingerprint density at radius 2 is 1.47 bits per heavy atom. The van der Waals surface area contributed by atoms with E-state index in [0.717, 1.165) is 17.9 Å². The summed E-state index contributed by atoms with van der Waals surface area (Å²) < 4.78 is 16.2. The van der Waals surface area contributed by atoms with Crippen LogP contribution in [0, 0.1) is 5.41 Å². The first-order valence-corrected chi connectivity index (χ1v) is 6.71. The van der Waals surface area contributed by atoms with E-state index < -0.39 is 0 Å². The minimum atomic E-state index is 0.227. The molecule has 3 nitrogen and oxygen atoms in total. The van der Waals surface area contributed by atoms with Gasteiger partial charge in [0.2, 0.25) is 5.75 Å². The van der Waals surface area contributed by atoms with Crippen LogP contribution in [0.1, 0.15) is 45.6 Å². The van der Waals surface area contributed by atoms with Gasteiger partial charge in [0, 0.05) is 0 Å². The molecule has 0 aliphatic carbocycles. The fourth-order valence-corrected chi connectivity index (χ4v) is 2.11. The second-order valence-electron chi connectivity index (χ2n) is 5.52. The van der Waals surface area contributed by atoms with Crippen LogP contribution in [0.25, 0.3) is 0 Å². The average Bonchev–Trinajstić information content (AvgIpc) is 2.44. The lowest BCUT2D eigenvalue weighted by molar-refractivity contribution is 0.284. The van der Waals surface area contributed by atoms with Gasteiger partial charge in [0.1, 0.15) is 0 Å². The molecule has 1 aromatic rings. The van der Waals surface area contributed by atoms with Gasteiger partial charge in [-0.05, 0) is 29.0 Å². The lowest BCUT2D eigenvalue weighted by Gasteiger charge is -2.31. The second kappa shape index (κ2) is 6.18. The van der Waals surface area contributed by atoms with E-state index in [-0.39, 0.29) is 5.41 Å². The van der Waals surface area contributed by atoms with Gasteiger partial charge in [-0.15, -0.1) is 0 Å². The highest BCUT2D eigenvalue weighted by atomic mass is 16.5. The van der Waals surface area contributed by atoms with Gasteiger partial charge in [-0.25, -0.2) is 0 Å². The standard InChI is InChI=1S/C16H26O3/c1-8-16(3,4)11(2)12-9-13(17-5)15(19-7)14(10-12)18-6/h9-11H,8H2,1-7H3. The first kappa shape index (κ1) is 15.7. The fraction of sp³-hybridized carbons (Fsp3) is 0.625. The normalized spacial score (nSPS) is 13.0. The van der Waals surface area contributed by atoms with Crippen molar-refractivity contribution in [1.29, 1.82) is 0 Å². The maximum atomic E-state index is 5.41. The molecular weight excluding hydrogens is 240 g/mol. The highest BCUT2D eigenvalue weighted by Crippen LogP contribution is 2.44. The molecule has 0 aromatic heterocycles. The quantitative estimate of drug-likeness (QED) is 0.770. The van der Waals surface area contributed by atoms with Crippen LogP contribution in [0.2, 0.25) is 0 Å². The van der Waals surface area contributed by atoms with Gasteiger partial charge >= 0.3 is 0 Å². The highest BCUT2D eigenvalue weighted by Gasteiger charge is 2.27. The van der Waals surface area contributed by atoms with E-state index in [9.17, 15) is 0 Å². The molecule has 0 N–H and O–H groups in total. The summed E-state index contributed by atoms with van der Waals surface area (Å²) in [5.41, 5.74) is 1.44. The van der Waals surface area contributed by atoms with Crippen LogP contribution in [0.15, 0.2) is 12.1 Å². The summed E-state index contributed by atoms with van der Waals surface area (Å²) in [4.78, 5) is 0. The zero-order valence-electron chi connectivity index (χ0n) is 13.2. The summed E-state index contributed by atoms with van der Waals surface area (Å²) in [5, 5.41) is 0. The van der Waals surface area contributed by atoms with Crippen LogP contribution < -0.4 is 14.2 Å². The zero-order valence-corrected chi connectivity index (χ0v) is 13.2. The molecule has 108 valence electrons. The van der Waals surface area contributed by atoms with Gasteiger partial charge < -0.3 is 14.2 Å². The van der Waals surface area contributed by atoms with Gasteiger partial charge in [0.05, 0.1) is 21.3 Å². The molecule has 1 aromatic carbocycles. The Labute approximate surface area is 116 Å². The summed E-state index contributed by atoms with van der Waals surface area (Å²) in [6.07, 6.45) is 1.12. The lowest BCUT2D eigenvalue weighted by Crippen LogP contribution is -2.19. The van der Waals surface area contributed by atoms with Gasteiger partial charge in [-0.1, -0.05) is 34.1 Å². The zero-order chi connectivity index (χ0) is 14.6. The van der Waals surface area contributed by atoms with Gasteiger partial charge in [-0.2, -0.15) is 0 Å². The first-order valence-electron chi connectivity index (χ1n) is 6.71. The van der Waals surface area contributed by atoms with Crippen molar-refractivity contribution in [3.63, 3.8) is 0 Å². The third-order valence-corrected chi connectivity index (χ3v) is 4.27. The highest BCUT2D eigenvalue weighted by molar-refractivity contribution is 5.54. The lowest BCUT2D eigenvalue weighted by atomic mass is 9.74. The first-order chi connectivity index (χ1) is 8.91. The number of hydrogen-bond acceptors (Lipinski definition) is 3. The molecule has 1 rings (SSSR count). The Morgan fingerprint density at radius 3 is 1.79 bits per heavy atom. The fourth-order valence-electron chi connectivity index (χ4n) is 2.11. The van der Waals surface area contributed by atoms with Crippen LogP contribution in [-0.4, -0.2) is 21.3 Å². The maximum Gasteiger partial charge on any atom is 0.203 e.